The lowest BCUT2D eigenvalue weighted by Crippen LogP contribution is -2.40. The fraction of sp³-hybridized carbons (Fsp3) is 0.235. The zero-order valence-electron chi connectivity index (χ0n) is 13.5. The molecule has 24 heavy (non-hydrogen) atoms. The van der Waals surface area contributed by atoms with Crippen LogP contribution in [0.3, 0.4) is 0 Å². The molecule has 2 aromatic rings. The van der Waals surface area contributed by atoms with Gasteiger partial charge < -0.3 is 24.8 Å². The van der Waals surface area contributed by atoms with Crippen molar-refractivity contribution in [3.63, 3.8) is 0 Å². The summed E-state index contributed by atoms with van der Waals surface area (Å²) in [5.74, 6) is 0.841. The maximum atomic E-state index is 12.7. The standard InChI is InChI=1S/C17H17ClN2O4/c1-20-16(11-6-9(18)4-5-13(11)21)19-12-8-15(24-3)14(23-2)7-10(12)17(20)22/h4-8,16,19,21H,1-3H3. The number of halogens is 1. The Morgan fingerprint density at radius 3 is 2.50 bits per heavy atom. The molecular weight excluding hydrogens is 332 g/mol. The molecule has 0 fully saturated rings. The molecule has 1 aliphatic rings. The Balaban J connectivity index is 2.10. The molecule has 2 N–H and O–H groups in total. The summed E-state index contributed by atoms with van der Waals surface area (Å²) in [6, 6.07) is 8.06. The first-order valence-electron chi connectivity index (χ1n) is 7.24. The van der Waals surface area contributed by atoms with Crippen LogP contribution < -0.4 is 14.8 Å². The van der Waals surface area contributed by atoms with Crippen molar-refractivity contribution in [2.75, 3.05) is 26.6 Å². The van der Waals surface area contributed by atoms with Gasteiger partial charge in [-0.25, -0.2) is 0 Å². The van der Waals surface area contributed by atoms with Crippen LogP contribution >= 0.6 is 11.6 Å². The third-order valence-electron chi connectivity index (χ3n) is 4.04. The fourth-order valence-electron chi connectivity index (χ4n) is 2.76. The maximum absolute atomic E-state index is 12.7. The number of fused-ring (bicyclic) bond motifs is 1. The first-order valence-corrected chi connectivity index (χ1v) is 7.62. The minimum absolute atomic E-state index is 0.0560. The van der Waals surface area contributed by atoms with Crippen molar-refractivity contribution in [3.05, 3.63) is 46.5 Å². The van der Waals surface area contributed by atoms with E-state index in [4.69, 9.17) is 21.1 Å². The quantitative estimate of drug-likeness (QED) is 0.890. The lowest BCUT2D eigenvalue weighted by atomic mass is 10.0. The molecule has 1 amide bonds. The second-order valence-electron chi connectivity index (χ2n) is 5.42. The van der Waals surface area contributed by atoms with Gasteiger partial charge in [0.25, 0.3) is 5.91 Å². The van der Waals surface area contributed by atoms with Crippen LogP contribution in [0.15, 0.2) is 30.3 Å². The fourth-order valence-corrected chi connectivity index (χ4v) is 2.94. The van der Waals surface area contributed by atoms with Gasteiger partial charge in [-0.15, -0.1) is 0 Å². The van der Waals surface area contributed by atoms with Crippen LogP contribution in [0.5, 0.6) is 17.2 Å². The van der Waals surface area contributed by atoms with E-state index >= 15 is 0 Å². The maximum Gasteiger partial charge on any atom is 0.257 e. The van der Waals surface area contributed by atoms with Crippen molar-refractivity contribution in [1.82, 2.24) is 4.90 Å². The van der Waals surface area contributed by atoms with E-state index in [2.05, 4.69) is 5.32 Å². The Morgan fingerprint density at radius 1 is 1.17 bits per heavy atom. The molecule has 6 nitrogen and oxygen atoms in total. The number of phenolic OH excluding ortho intramolecular Hbond substituents is 1. The summed E-state index contributed by atoms with van der Waals surface area (Å²) in [4.78, 5) is 14.2. The van der Waals surface area contributed by atoms with E-state index in [1.165, 1.54) is 25.2 Å². The average Bonchev–Trinajstić information content (AvgIpc) is 2.59. The summed E-state index contributed by atoms with van der Waals surface area (Å²) in [5.41, 5.74) is 1.58. The number of benzene rings is 2. The topological polar surface area (TPSA) is 71.0 Å². The number of rotatable bonds is 3. The number of hydrogen-bond donors (Lipinski definition) is 2. The number of aromatic hydroxyl groups is 1. The highest BCUT2D eigenvalue weighted by Gasteiger charge is 2.33. The molecule has 1 heterocycles. The van der Waals surface area contributed by atoms with Gasteiger partial charge in [-0.05, 0) is 24.3 Å². The van der Waals surface area contributed by atoms with Crippen molar-refractivity contribution in [2.24, 2.45) is 0 Å². The van der Waals surface area contributed by atoms with Crippen LogP contribution in [0.2, 0.25) is 5.02 Å². The van der Waals surface area contributed by atoms with Crippen molar-refractivity contribution in [2.45, 2.75) is 6.17 Å². The van der Waals surface area contributed by atoms with E-state index in [1.807, 2.05) is 0 Å². The molecule has 0 bridgehead atoms. The van der Waals surface area contributed by atoms with Crippen LogP contribution in [-0.2, 0) is 0 Å². The molecule has 1 aliphatic heterocycles. The molecular formula is C17H17ClN2O4. The molecule has 1 atom stereocenters. The summed E-state index contributed by atoms with van der Waals surface area (Å²) in [7, 11) is 4.70. The van der Waals surface area contributed by atoms with E-state index < -0.39 is 6.17 Å². The highest BCUT2D eigenvalue weighted by molar-refractivity contribution is 6.30. The smallest absolute Gasteiger partial charge is 0.257 e. The first-order chi connectivity index (χ1) is 11.5. The van der Waals surface area contributed by atoms with Gasteiger partial charge in [0.1, 0.15) is 11.9 Å². The van der Waals surface area contributed by atoms with Crippen LogP contribution in [0, 0.1) is 0 Å². The molecule has 126 valence electrons. The van der Waals surface area contributed by atoms with Gasteiger partial charge in [-0.2, -0.15) is 0 Å². The number of nitrogens with zero attached hydrogens (tertiary/aromatic N) is 1. The SMILES string of the molecule is COc1cc2c(cc1OC)C(=O)N(C)C(c1cc(Cl)ccc1O)N2. The lowest BCUT2D eigenvalue weighted by Gasteiger charge is -2.36. The number of carbonyl (C=O) groups is 1. The molecule has 3 rings (SSSR count). The van der Waals surface area contributed by atoms with E-state index in [0.717, 1.165) is 0 Å². The van der Waals surface area contributed by atoms with Crippen molar-refractivity contribution < 1.29 is 19.4 Å². The van der Waals surface area contributed by atoms with Gasteiger partial charge >= 0.3 is 0 Å². The Morgan fingerprint density at radius 2 is 1.83 bits per heavy atom. The summed E-state index contributed by atoms with van der Waals surface area (Å²) >= 11 is 6.03. The van der Waals surface area contributed by atoms with Crippen LogP contribution in [0.4, 0.5) is 5.69 Å². The predicted octanol–water partition coefficient (Wildman–Crippen LogP) is 3.26. The number of nitrogens with one attached hydrogen (secondary N) is 1. The van der Waals surface area contributed by atoms with Crippen molar-refractivity contribution in [1.29, 1.82) is 0 Å². The summed E-state index contributed by atoms with van der Waals surface area (Å²) in [6.07, 6.45) is -0.554. The molecule has 0 aliphatic carbocycles. The van der Waals surface area contributed by atoms with Gasteiger partial charge in [0, 0.05) is 23.7 Å². The second-order valence-corrected chi connectivity index (χ2v) is 5.86. The van der Waals surface area contributed by atoms with Gasteiger partial charge in [0.05, 0.1) is 25.5 Å². The summed E-state index contributed by atoms with van der Waals surface area (Å²) < 4.78 is 10.5. The summed E-state index contributed by atoms with van der Waals surface area (Å²) in [5, 5.41) is 13.9. The van der Waals surface area contributed by atoms with E-state index in [0.29, 0.717) is 33.3 Å². The Labute approximate surface area is 144 Å². The number of carbonyl (C=O) groups excluding carboxylic acids is 1. The van der Waals surface area contributed by atoms with Crippen LogP contribution in [0.25, 0.3) is 0 Å². The minimum atomic E-state index is -0.554. The van der Waals surface area contributed by atoms with Crippen LogP contribution in [-0.4, -0.2) is 37.2 Å². The molecule has 7 heteroatoms. The second kappa shape index (κ2) is 6.13. The van der Waals surface area contributed by atoms with Gasteiger partial charge in [-0.1, -0.05) is 11.6 Å². The molecule has 2 aromatic carbocycles. The summed E-state index contributed by atoms with van der Waals surface area (Å²) in [6.45, 7) is 0. The van der Waals surface area contributed by atoms with Crippen molar-refractivity contribution in [3.8, 4) is 17.2 Å². The zero-order chi connectivity index (χ0) is 17.4. The number of amides is 1. The number of phenols is 1. The number of hydrogen-bond acceptors (Lipinski definition) is 5. The largest absolute Gasteiger partial charge is 0.508 e. The molecule has 0 radical (unpaired) electrons. The lowest BCUT2D eigenvalue weighted by molar-refractivity contribution is 0.0733. The van der Waals surface area contributed by atoms with Crippen LogP contribution in [0.1, 0.15) is 22.1 Å². The average molecular weight is 349 g/mol. The Bertz CT molecular complexity index is 809. The van der Waals surface area contributed by atoms with Gasteiger partial charge in [0.15, 0.2) is 11.5 Å². The Kier molecular flexibility index (Phi) is 4.15. The highest BCUT2D eigenvalue weighted by Crippen LogP contribution is 2.41. The molecule has 0 saturated heterocycles. The predicted molar refractivity (Wildman–Crippen MR) is 91.1 cm³/mol. The molecule has 0 spiro atoms. The third kappa shape index (κ3) is 2.59. The number of methoxy groups -OCH3 is 2. The van der Waals surface area contributed by atoms with E-state index in [-0.39, 0.29) is 11.7 Å². The molecule has 0 saturated carbocycles. The molecule has 0 aromatic heterocycles. The highest BCUT2D eigenvalue weighted by atomic mass is 35.5. The van der Waals surface area contributed by atoms with Gasteiger partial charge in [-0.3, -0.25) is 4.79 Å². The van der Waals surface area contributed by atoms with E-state index in [1.54, 1.807) is 31.3 Å². The monoisotopic (exact) mass is 348 g/mol. The molecule has 1 unspecified atom stereocenters. The third-order valence-corrected chi connectivity index (χ3v) is 4.27. The number of anilines is 1. The first kappa shape index (κ1) is 16.3. The van der Waals surface area contributed by atoms with Crippen molar-refractivity contribution >= 4 is 23.2 Å². The van der Waals surface area contributed by atoms with E-state index in [9.17, 15) is 9.90 Å². The minimum Gasteiger partial charge on any atom is -0.508 e. The van der Waals surface area contributed by atoms with Gasteiger partial charge in [0.2, 0.25) is 0 Å². The zero-order valence-corrected chi connectivity index (χ0v) is 14.2. The Hall–Kier alpha value is -2.60. The number of ether oxygens (including phenoxy) is 2. The normalized spacial score (nSPS) is 16.4.